The van der Waals surface area contributed by atoms with Gasteiger partial charge in [0, 0.05) is 31.9 Å². The number of fused-ring (bicyclic) bond motifs is 1. The molecule has 1 atom stereocenters. The Morgan fingerprint density at radius 3 is 2.70 bits per heavy atom. The second-order valence-corrected chi connectivity index (χ2v) is 8.97. The van der Waals surface area contributed by atoms with Gasteiger partial charge < -0.3 is 9.47 Å². The van der Waals surface area contributed by atoms with Gasteiger partial charge in [-0.05, 0) is 37.6 Å². The van der Waals surface area contributed by atoms with Crippen molar-refractivity contribution in [3.05, 3.63) is 47.0 Å². The summed E-state index contributed by atoms with van der Waals surface area (Å²) in [4.78, 5) is 17.4. The molecular weight excluding hydrogens is 408 g/mol. The highest BCUT2D eigenvalue weighted by atomic mass is 32.2. The molecule has 1 fully saturated rings. The van der Waals surface area contributed by atoms with Gasteiger partial charge in [-0.15, -0.1) is 0 Å². The summed E-state index contributed by atoms with van der Waals surface area (Å²) in [5.41, 5.74) is 1.16. The first-order valence-corrected chi connectivity index (χ1v) is 11.1. The summed E-state index contributed by atoms with van der Waals surface area (Å²) in [6.45, 7) is 2.90. The van der Waals surface area contributed by atoms with Gasteiger partial charge in [-0.25, -0.2) is 18.2 Å². The third kappa shape index (κ3) is 3.16. The fourth-order valence-corrected chi connectivity index (χ4v) is 5.67. The Morgan fingerprint density at radius 1 is 1.20 bits per heavy atom. The molecule has 1 saturated heterocycles. The van der Waals surface area contributed by atoms with Crippen LogP contribution in [0.4, 0.5) is 0 Å². The van der Waals surface area contributed by atoms with E-state index >= 15 is 0 Å². The summed E-state index contributed by atoms with van der Waals surface area (Å²) in [7, 11) is -0.926. The number of aromatic nitrogens is 3. The summed E-state index contributed by atoms with van der Waals surface area (Å²) >= 11 is 0. The maximum atomic E-state index is 13.4. The maximum absolute atomic E-state index is 13.4. The quantitative estimate of drug-likeness (QED) is 0.590. The molecule has 9 nitrogen and oxygen atoms in total. The minimum atomic E-state index is -3.83. The molecule has 30 heavy (non-hydrogen) atoms. The summed E-state index contributed by atoms with van der Waals surface area (Å²) in [6, 6.07) is 8.03. The molecule has 0 saturated carbocycles. The van der Waals surface area contributed by atoms with Crippen LogP contribution < -0.4 is 15.2 Å². The van der Waals surface area contributed by atoms with E-state index in [0.717, 1.165) is 5.52 Å². The van der Waals surface area contributed by atoms with E-state index in [4.69, 9.17) is 9.47 Å². The smallest absolute Gasteiger partial charge is 0.330 e. The van der Waals surface area contributed by atoms with Crippen LogP contribution in [0.5, 0.6) is 11.5 Å². The van der Waals surface area contributed by atoms with E-state index < -0.39 is 10.0 Å². The lowest BCUT2D eigenvalue weighted by Crippen LogP contribution is -2.32. The molecule has 1 aliphatic heterocycles. The van der Waals surface area contributed by atoms with E-state index in [0.29, 0.717) is 30.9 Å². The second-order valence-electron chi connectivity index (χ2n) is 7.07. The van der Waals surface area contributed by atoms with Gasteiger partial charge in [0.05, 0.1) is 25.8 Å². The fraction of sp³-hybridized carbons (Fsp3) is 0.400. The third-order valence-electron chi connectivity index (χ3n) is 5.52. The standard InChI is InChI=1S/C20H24N4O5S/c1-4-23-16-6-5-10-21-19(16)24(20(23)25)14-9-11-22(13-14)30(26,27)18-12-15(28-2)7-8-17(18)29-3/h5-8,10,12,14H,4,9,11,13H2,1-3H3/t14-/m1/s1. The number of benzene rings is 1. The van der Waals surface area contributed by atoms with Crippen molar-refractivity contribution in [3.8, 4) is 11.5 Å². The monoisotopic (exact) mass is 432 g/mol. The van der Waals surface area contributed by atoms with Gasteiger partial charge in [0.1, 0.15) is 16.4 Å². The van der Waals surface area contributed by atoms with Crippen LogP contribution in [-0.2, 0) is 16.6 Å². The molecule has 3 aromatic rings. The number of imidazole rings is 1. The van der Waals surface area contributed by atoms with Gasteiger partial charge in [0.25, 0.3) is 0 Å². The molecule has 1 aliphatic rings. The van der Waals surface area contributed by atoms with E-state index in [1.807, 2.05) is 13.0 Å². The molecule has 2 aromatic heterocycles. The van der Waals surface area contributed by atoms with Crippen molar-refractivity contribution in [1.29, 1.82) is 0 Å². The van der Waals surface area contributed by atoms with Crippen LogP contribution in [0.15, 0.2) is 46.2 Å². The lowest BCUT2D eigenvalue weighted by Gasteiger charge is -2.19. The number of aryl methyl sites for hydroxylation is 1. The highest BCUT2D eigenvalue weighted by Gasteiger charge is 2.37. The number of sulfonamides is 1. The number of hydrogen-bond acceptors (Lipinski definition) is 6. The van der Waals surface area contributed by atoms with Crippen LogP contribution >= 0.6 is 0 Å². The zero-order chi connectivity index (χ0) is 21.5. The molecule has 0 aliphatic carbocycles. The minimum absolute atomic E-state index is 0.0476. The number of ether oxygens (including phenoxy) is 2. The minimum Gasteiger partial charge on any atom is -0.497 e. The average Bonchev–Trinajstić information content (AvgIpc) is 3.35. The topological polar surface area (TPSA) is 95.7 Å². The molecule has 0 unspecified atom stereocenters. The Balaban J connectivity index is 1.72. The van der Waals surface area contributed by atoms with Crippen molar-refractivity contribution in [3.63, 3.8) is 0 Å². The average molecular weight is 433 g/mol. The van der Waals surface area contributed by atoms with Crippen LogP contribution in [0.2, 0.25) is 0 Å². The van der Waals surface area contributed by atoms with Gasteiger partial charge in [0.15, 0.2) is 5.65 Å². The first-order chi connectivity index (χ1) is 14.4. The van der Waals surface area contributed by atoms with Gasteiger partial charge in [-0.1, -0.05) is 0 Å². The van der Waals surface area contributed by atoms with Crippen molar-refractivity contribution in [2.45, 2.75) is 30.8 Å². The van der Waals surface area contributed by atoms with Crippen LogP contribution in [0.1, 0.15) is 19.4 Å². The number of methoxy groups -OCH3 is 2. The van der Waals surface area contributed by atoms with E-state index in [1.165, 1.54) is 24.6 Å². The largest absolute Gasteiger partial charge is 0.497 e. The Kier molecular flexibility index (Phi) is 5.29. The molecule has 0 spiro atoms. The molecule has 1 aromatic carbocycles. The van der Waals surface area contributed by atoms with Crippen molar-refractivity contribution in [2.24, 2.45) is 0 Å². The molecular formula is C20H24N4O5S. The van der Waals surface area contributed by atoms with E-state index in [1.54, 1.807) is 33.5 Å². The highest BCUT2D eigenvalue weighted by Crippen LogP contribution is 2.34. The molecule has 0 N–H and O–H groups in total. The number of pyridine rings is 1. The highest BCUT2D eigenvalue weighted by molar-refractivity contribution is 7.89. The Bertz CT molecular complexity index is 1250. The molecule has 0 bridgehead atoms. The number of rotatable bonds is 6. The summed E-state index contributed by atoms with van der Waals surface area (Å²) < 4.78 is 41.8. The number of nitrogens with zero attached hydrogens (tertiary/aromatic N) is 4. The summed E-state index contributed by atoms with van der Waals surface area (Å²) in [6.07, 6.45) is 2.16. The van der Waals surface area contributed by atoms with Crippen LogP contribution in [0.25, 0.3) is 11.2 Å². The fourth-order valence-electron chi connectivity index (χ4n) is 4.01. The van der Waals surface area contributed by atoms with Crippen molar-refractivity contribution < 1.29 is 17.9 Å². The molecule has 0 amide bonds. The van der Waals surface area contributed by atoms with Crippen LogP contribution in [0.3, 0.4) is 0 Å². The zero-order valence-electron chi connectivity index (χ0n) is 17.1. The lowest BCUT2D eigenvalue weighted by atomic mass is 10.2. The lowest BCUT2D eigenvalue weighted by molar-refractivity contribution is 0.387. The first-order valence-electron chi connectivity index (χ1n) is 9.70. The molecule has 0 radical (unpaired) electrons. The van der Waals surface area contributed by atoms with Crippen molar-refractivity contribution in [2.75, 3.05) is 27.3 Å². The molecule has 4 rings (SSSR count). The zero-order valence-corrected chi connectivity index (χ0v) is 17.9. The van der Waals surface area contributed by atoms with Gasteiger partial charge in [0.2, 0.25) is 10.0 Å². The van der Waals surface area contributed by atoms with Gasteiger partial charge in [-0.3, -0.25) is 9.13 Å². The maximum Gasteiger partial charge on any atom is 0.330 e. The van der Waals surface area contributed by atoms with Gasteiger partial charge in [-0.2, -0.15) is 4.31 Å². The summed E-state index contributed by atoms with van der Waals surface area (Å²) in [5.74, 6) is 0.678. The Labute approximate surface area is 174 Å². The number of hydrogen-bond donors (Lipinski definition) is 0. The normalized spacial score (nSPS) is 17.5. The third-order valence-corrected chi connectivity index (χ3v) is 7.40. The van der Waals surface area contributed by atoms with E-state index in [9.17, 15) is 13.2 Å². The van der Waals surface area contributed by atoms with Gasteiger partial charge >= 0.3 is 5.69 Å². The van der Waals surface area contributed by atoms with E-state index in [2.05, 4.69) is 4.98 Å². The second kappa shape index (κ2) is 7.77. The Hall–Kier alpha value is -2.85. The predicted molar refractivity (Wildman–Crippen MR) is 112 cm³/mol. The molecule has 3 heterocycles. The van der Waals surface area contributed by atoms with E-state index in [-0.39, 0.29) is 28.9 Å². The van der Waals surface area contributed by atoms with Crippen molar-refractivity contribution >= 4 is 21.2 Å². The Morgan fingerprint density at radius 2 is 2.00 bits per heavy atom. The van der Waals surface area contributed by atoms with Crippen LogP contribution in [0, 0.1) is 0 Å². The first kappa shape index (κ1) is 20.4. The SMILES string of the molecule is CCn1c(=O)n([C@@H]2CCN(S(=O)(=O)c3cc(OC)ccc3OC)C2)c2ncccc21. The van der Waals surface area contributed by atoms with Crippen molar-refractivity contribution in [1.82, 2.24) is 18.4 Å². The molecule has 160 valence electrons. The molecule has 10 heteroatoms. The predicted octanol–water partition coefficient (Wildman–Crippen LogP) is 1.87. The summed E-state index contributed by atoms with van der Waals surface area (Å²) in [5, 5.41) is 0. The van der Waals surface area contributed by atoms with Crippen LogP contribution in [-0.4, -0.2) is 54.2 Å².